The van der Waals surface area contributed by atoms with E-state index >= 15 is 0 Å². The van der Waals surface area contributed by atoms with E-state index in [9.17, 15) is 4.79 Å². The quantitative estimate of drug-likeness (QED) is 0.920. The van der Waals surface area contributed by atoms with E-state index in [2.05, 4.69) is 15.3 Å². The van der Waals surface area contributed by atoms with Gasteiger partial charge in [-0.15, -0.1) is 0 Å². The number of rotatable bonds is 5. The summed E-state index contributed by atoms with van der Waals surface area (Å²) < 4.78 is 0. The van der Waals surface area contributed by atoms with Gasteiger partial charge in [0.05, 0.1) is 23.0 Å². The smallest absolute Gasteiger partial charge is 0.232 e. The number of nitrogens with zero attached hydrogens (tertiary/aromatic N) is 3. The lowest BCUT2D eigenvalue weighted by Gasteiger charge is -2.19. The highest BCUT2D eigenvalue weighted by atomic mass is 16.1. The Morgan fingerprint density at radius 2 is 1.70 bits per heavy atom. The number of carbonyl (C=O) groups is 1. The van der Waals surface area contributed by atoms with Crippen LogP contribution in [0, 0.1) is 13.8 Å². The van der Waals surface area contributed by atoms with Gasteiger partial charge in [0.2, 0.25) is 11.9 Å². The fraction of sp³-hybridized carbons (Fsp3) is 0.389. The Bertz CT molecular complexity index is 660. The fourth-order valence-corrected chi connectivity index (χ4v) is 2.55. The zero-order valence-corrected chi connectivity index (χ0v) is 14.4. The van der Waals surface area contributed by atoms with Crippen molar-refractivity contribution < 1.29 is 4.79 Å². The van der Waals surface area contributed by atoms with Crippen molar-refractivity contribution in [2.75, 3.05) is 24.3 Å². The van der Waals surface area contributed by atoms with E-state index in [1.54, 1.807) is 0 Å². The molecule has 5 nitrogen and oxygen atoms in total. The number of hydrogen-bond donors (Lipinski definition) is 1. The molecule has 0 spiro atoms. The topological polar surface area (TPSA) is 58.1 Å². The Labute approximate surface area is 137 Å². The number of benzene rings is 1. The summed E-state index contributed by atoms with van der Waals surface area (Å²) >= 11 is 0. The maximum absolute atomic E-state index is 12.7. The molecule has 2 rings (SSSR count). The molecule has 1 amide bonds. The van der Waals surface area contributed by atoms with Gasteiger partial charge in [0, 0.05) is 14.1 Å². The zero-order valence-electron chi connectivity index (χ0n) is 14.4. The highest BCUT2D eigenvalue weighted by Gasteiger charge is 2.21. The third kappa shape index (κ3) is 3.86. The van der Waals surface area contributed by atoms with Gasteiger partial charge in [0.15, 0.2) is 0 Å². The van der Waals surface area contributed by atoms with Gasteiger partial charge < -0.3 is 10.2 Å². The van der Waals surface area contributed by atoms with Crippen molar-refractivity contribution in [1.29, 1.82) is 0 Å². The molecule has 1 N–H and O–H groups in total. The standard InChI is InChI=1S/C18H24N4O/c1-6-15(14-10-8-7-9-11-14)17(23)21-16-12(2)19-18(22(4)5)20-13(16)3/h7-11,15H,6H2,1-5H3,(H,21,23)/t15-/m0/s1. The van der Waals surface area contributed by atoms with Crippen LogP contribution >= 0.6 is 0 Å². The van der Waals surface area contributed by atoms with Gasteiger partial charge in [-0.3, -0.25) is 4.79 Å². The fourth-order valence-electron chi connectivity index (χ4n) is 2.55. The van der Waals surface area contributed by atoms with Crippen LogP contribution in [-0.4, -0.2) is 30.0 Å². The normalized spacial score (nSPS) is 11.9. The third-order valence-corrected chi connectivity index (χ3v) is 3.83. The molecule has 5 heteroatoms. The molecule has 0 unspecified atom stereocenters. The van der Waals surface area contributed by atoms with Crippen LogP contribution in [0.4, 0.5) is 11.6 Å². The van der Waals surface area contributed by atoms with Crippen LogP contribution in [0.25, 0.3) is 0 Å². The summed E-state index contributed by atoms with van der Waals surface area (Å²) in [5.41, 5.74) is 3.28. The summed E-state index contributed by atoms with van der Waals surface area (Å²) in [5.74, 6) is 0.447. The Kier molecular flexibility index (Phi) is 5.32. The van der Waals surface area contributed by atoms with Gasteiger partial charge in [-0.2, -0.15) is 0 Å². The van der Waals surface area contributed by atoms with Crippen LogP contribution in [0.1, 0.15) is 36.2 Å². The second-order valence-electron chi connectivity index (χ2n) is 5.82. The van der Waals surface area contributed by atoms with Crippen molar-refractivity contribution in [1.82, 2.24) is 9.97 Å². The lowest BCUT2D eigenvalue weighted by Crippen LogP contribution is -2.23. The molecule has 0 radical (unpaired) electrons. The Morgan fingerprint density at radius 1 is 1.13 bits per heavy atom. The van der Waals surface area contributed by atoms with Gasteiger partial charge in [-0.1, -0.05) is 37.3 Å². The predicted molar refractivity (Wildman–Crippen MR) is 93.9 cm³/mol. The molecule has 0 aliphatic heterocycles. The van der Waals surface area contributed by atoms with Gasteiger partial charge >= 0.3 is 0 Å². The predicted octanol–water partition coefficient (Wildman–Crippen LogP) is 3.29. The summed E-state index contributed by atoms with van der Waals surface area (Å²) in [7, 11) is 3.80. The lowest BCUT2D eigenvalue weighted by molar-refractivity contribution is -0.117. The second kappa shape index (κ2) is 7.22. The first-order valence-electron chi connectivity index (χ1n) is 7.82. The Morgan fingerprint density at radius 3 is 2.17 bits per heavy atom. The minimum atomic E-state index is -0.177. The van der Waals surface area contributed by atoms with E-state index in [0.717, 1.165) is 23.4 Å². The molecule has 0 saturated heterocycles. The summed E-state index contributed by atoms with van der Waals surface area (Å²) in [4.78, 5) is 23.4. The van der Waals surface area contributed by atoms with E-state index in [1.807, 2.05) is 70.1 Å². The molecule has 0 saturated carbocycles. The molecular weight excluding hydrogens is 288 g/mol. The van der Waals surface area contributed by atoms with Gasteiger partial charge in [-0.05, 0) is 25.8 Å². The van der Waals surface area contributed by atoms with E-state index in [-0.39, 0.29) is 11.8 Å². The number of anilines is 2. The molecule has 0 aliphatic carbocycles. The van der Waals surface area contributed by atoms with Gasteiger partial charge in [-0.25, -0.2) is 9.97 Å². The largest absolute Gasteiger partial charge is 0.347 e. The van der Waals surface area contributed by atoms with Gasteiger partial charge in [0.1, 0.15) is 0 Å². The van der Waals surface area contributed by atoms with E-state index < -0.39 is 0 Å². The molecule has 1 heterocycles. The summed E-state index contributed by atoms with van der Waals surface area (Å²) in [6, 6.07) is 9.84. The molecule has 2 aromatic rings. The van der Waals surface area contributed by atoms with Crippen molar-refractivity contribution in [2.24, 2.45) is 0 Å². The Balaban J connectivity index is 2.26. The summed E-state index contributed by atoms with van der Waals surface area (Å²) in [6.07, 6.45) is 0.741. The number of carbonyl (C=O) groups excluding carboxylic acids is 1. The van der Waals surface area contributed by atoms with Crippen LogP contribution in [0.5, 0.6) is 0 Å². The highest BCUT2D eigenvalue weighted by molar-refractivity contribution is 5.96. The highest BCUT2D eigenvalue weighted by Crippen LogP contribution is 2.24. The molecular formula is C18H24N4O. The van der Waals surface area contributed by atoms with Crippen LogP contribution in [0.2, 0.25) is 0 Å². The van der Waals surface area contributed by atoms with E-state index in [0.29, 0.717) is 11.6 Å². The first kappa shape index (κ1) is 16.9. The lowest BCUT2D eigenvalue weighted by atomic mass is 9.95. The summed E-state index contributed by atoms with van der Waals surface area (Å²) in [6.45, 7) is 5.80. The SMILES string of the molecule is CC[C@H](C(=O)Nc1c(C)nc(N(C)C)nc1C)c1ccccc1. The first-order chi connectivity index (χ1) is 10.9. The summed E-state index contributed by atoms with van der Waals surface area (Å²) in [5, 5.41) is 3.01. The number of aryl methyl sites for hydroxylation is 2. The average molecular weight is 312 g/mol. The van der Waals surface area contributed by atoms with Crippen molar-refractivity contribution in [3.63, 3.8) is 0 Å². The van der Waals surface area contributed by atoms with E-state index in [4.69, 9.17) is 0 Å². The van der Waals surface area contributed by atoms with Crippen molar-refractivity contribution in [2.45, 2.75) is 33.1 Å². The van der Waals surface area contributed by atoms with Gasteiger partial charge in [0.25, 0.3) is 0 Å². The van der Waals surface area contributed by atoms with E-state index in [1.165, 1.54) is 0 Å². The zero-order chi connectivity index (χ0) is 17.0. The maximum atomic E-state index is 12.7. The minimum absolute atomic E-state index is 0.0221. The maximum Gasteiger partial charge on any atom is 0.232 e. The first-order valence-corrected chi connectivity index (χ1v) is 7.82. The molecule has 0 fully saturated rings. The molecule has 1 aromatic heterocycles. The van der Waals surface area contributed by atoms with Crippen LogP contribution in [-0.2, 0) is 4.79 Å². The number of nitrogens with one attached hydrogen (secondary N) is 1. The minimum Gasteiger partial charge on any atom is -0.347 e. The monoisotopic (exact) mass is 312 g/mol. The molecule has 0 bridgehead atoms. The molecule has 1 aromatic carbocycles. The number of hydrogen-bond acceptors (Lipinski definition) is 4. The van der Waals surface area contributed by atoms with Crippen molar-refractivity contribution in [3.05, 3.63) is 47.3 Å². The van der Waals surface area contributed by atoms with Crippen molar-refractivity contribution >= 4 is 17.5 Å². The molecule has 1 atom stereocenters. The molecule has 0 aliphatic rings. The van der Waals surface area contributed by atoms with Crippen LogP contribution in [0.3, 0.4) is 0 Å². The molecule has 122 valence electrons. The Hall–Kier alpha value is -2.43. The third-order valence-electron chi connectivity index (χ3n) is 3.83. The molecule has 23 heavy (non-hydrogen) atoms. The average Bonchev–Trinajstić information content (AvgIpc) is 2.52. The van der Waals surface area contributed by atoms with Crippen molar-refractivity contribution in [3.8, 4) is 0 Å². The number of amides is 1. The van der Waals surface area contributed by atoms with Crippen LogP contribution in [0.15, 0.2) is 30.3 Å². The number of aromatic nitrogens is 2. The second-order valence-corrected chi connectivity index (χ2v) is 5.82. The van der Waals surface area contributed by atoms with Crippen LogP contribution < -0.4 is 10.2 Å².